The Kier molecular flexibility index (Phi) is 5.43. The van der Waals surface area contributed by atoms with E-state index >= 15 is 0 Å². The maximum Gasteiger partial charge on any atom is 0.337 e. The standard InChI is InChI=1S/C20H25N3O2/c1-14(2)23-7-3-4-16(13-23)8-15-5-6-22-19(9-15)17-10-18(20(24)25)12-21-11-17/h5-6,9-12,14,16H,3-4,7-8,13H2,1-2H3,(H,24,25)/t16-/m0/s1. The monoisotopic (exact) mass is 339 g/mol. The highest BCUT2D eigenvalue weighted by molar-refractivity contribution is 5.88. The van der Waals surface area contributed by atoms with Gasteiger partial charge >= 0.3 is 5.97 Å². The molecule has 5 nitrogen and oxygen atoms in total. The van der Waals surface area contributed by atoms with Crippen molar-refractivity contribution in [2.24, 2.45) is 5.92 Å². The zero-order valence-electron chi connectivity index (χ0n) is 14.9. The first-order chi connectivity index (χ1) is 12.0. The van der Waals surface area contributed by atoms with Crippen molar-refractivity contribution in [3.8, 4) is 11.3 Å². The molecule has 0 bridgehead atoms. The van der Waals surface area contributed by atoms with E-state index in [4.69, 9.17) is 5.11 Å². The number of piperidine rings is 1. The number of hydrogen-bond donors (Lipinski definition) is 1. The van der Waals surface area contributed by atoms with Crippen molar-refractivity contribution in [1.29, 1.82) is 0 Å². The van der Waals surface area contributed by atoms with Crippen LogP contribution in [0.4, 0.5) is 0 Å². The van der Waals surface area contributed by atoms with Crippen LogP contribution in [0.25, 0.3) is 11.3 Å². The van der Waals surface area contributed by atoms with Crippen LogP contribution in [0, 0.1) is 5.92 Å². The van der Waals surface area contributed by atoms with Gasteiger partial charge in [-0.15, -0.1) is 0 Å². The first kappa shape index (κ1) is 17.5. The summed E-state index contributed by atoms with van der Waals surface area (Å²) in [5, 5.41) is 9.13. The van der Waals surface area contributed by atoms with Crippen molar-refractivity contribution in [1.82, 2.24) is 14.9 Å². The third-order valence-corrected chi connectivity index (χ3v) is 4.91. The molecule has 1 fully saturated rings. The predicted octanol–water partition coefficient (Wildman–Crippen LogP) is 3.50. The predicted molar refractivity (Wildman–Crippen MR) is 97.6 cm³/mol. The second-order valence-electron chi connectivity index (χ2n) is 7.12. The zero-order chi connectivity index (χ0) is 17.8. The molecule has 2 aromatic rings. The van der Waals surface area contributed by atoms with Crippen molar-refractivity contribution in [3.05, 3.63) is 47.9 Å². The number of carbonyl (C=O) groups is 1. The molecule has 25 heavy (non-hydrogen) atoms. The first-order valence-corrected chi connectivity index (χ1v) is 8.90. The molecule has 0 spiro atoms. The highest BCUT2D eigenvalue weighted by Gasteiger charge is 2.22. The summed E-state index contributed by atoms with van der Waals surface area (Å²) < 4.78 is 0. The summed E-state index contributed by atoms with van der Waals surface area (Å²) in [5.41, 5.74) is 2.96. The number of carboxylic acids is 1. The molecule has 0 aromatic carbocycles. The maximum atomic E-state index is 11.1. The minimum atomic E-state index is -0.971. The van der Waals surface area contributed by atoms with Crippen molar-refractivity contribution in [3.63, 3.8) is 0 Å². The lowest BCUT2D eigenvalue weighted by Gasteiger charge is -2.35. The highest BCUT2D eigenvalue weighted by Crippen LogP contribution is 2.24. The Morgan fingerprint density at radius 2 is 2.20 bits per heavy atom. The molecule has 0 saturated carbocycles. The molecule has 3 rings (SSSR count). The summed E-state index contributed by atoms with van der Waals surface area (Å²) in [7, 11) is 0. The zero-order valence-corrected chi connectivity index (χ0v) is 14.9. The SMILES string of the molecule is CC(C)N1CCC[C@@H](Cc2ccnc(-c3cncc(C(=O)O)c3)c2)C1. The van der Waals surface area contributed by atoms with E-state index < -0.39 is 5.97 Å². The average Bonchev–Trinajstić information content (AvgIpc) is 2.62. The molecular formula is C20H25N3O2. The van der Waals surface area contributed by atoms with E-state index in [9.17, 15) is 4.79 Å². The fourth-order valence-corrected chi connectivity index (χ4v) is 3.52. The van der Waals surface area contributed by atoms with Gasteiger partial charge in [0.05, 0.1) is 11.3 Å². The van der Waals surface area contributed by atoms with Gasteiger partial charge in [0.1, 0.15) is 0 Å². The summed E-state index contributed by atoms with van der Waals surface area (Å²) in [6, 6.07) is 6.35. The molecule has 1 atom stereocenters. The van der Waals surface area contributed by atoms with Crippen LogP contribution >= 0.6 is 0 Å². The van der Waals surface area contributed by atoms with Crippen LogP contribution in [0.2, 0.25) is 0 Å². The molecule has 1 aliphatic heterocycles. The highest BCUT2D eigenvalue weighted by atomic mass is 16.4. The van der Waals surface area contributed by atoms with Crippen LogP contribution in [0.1, 0.15) is 42.6 Å². The number of pyridine rings is 2. The molecule has 132 valence electrons. The summed E-state index contributed by atoms with van der Waals surface area (Å²) in [6.07, 6.45) is 8.38. The Hall–Kier alpha value is -2.27. The minimum Gasteiger partial charge on any atom is -0.478 e. The van der Waals surface area contributed by atoms with Crippen molar-refractivity contribution < 1.29 is 9.90 Å². The van der Waals surface area contributed by atoms with Crippen molar-refractivity contribution >= 4 is 5.97 Å². The van der Waals surface area contributed by atoms with Gasteiger partial charge in [-0.25, -0.2) is 4.79 Å². The Labute approximate surface area is 148 Å². The molecule has 0 radical (unpaired) electrons. The van der Waals surface area contributed by atoms with Crippen molar-refractivity contribution in [2.45, 2.75) is 39.2 Å². The van der Waals surface area contributed by atoms with Gasteiger partial charge in [-0.1, -0.05) is 0 Å². The molecule has 2 aromatic heterocycles. The quantitative estimate of drug-likeness (QED) is 0.903. The Morgan fingerprint density at radius 3 is 2.96 bits per heavy atom. The van der Waals surface area contributed by atoms with E-state index in [2.05, 4.69) is 40.8 Å². The van der Waals surface area contributed by atoms with Gasteiger partial charge < -0.3 is 10.0 Å². The fraction of sp³-hybridized carbons (Fsp3) is 0.450. The average molecular weight is 339 g/mol. The summed E-state index contributed by atoms with van der Waals surface area (Å²) in [5.74, 6) is -0.309. The van der Waals surface area contributed by atoms with Crippen LogP contribution in [-0.4, -0.2) is 45.1 Å². The van der Waals surface area contributed by atoms with Crippen LogP contribution in [-0.2, 0) is 6.42 Å². The van der Waals surface area contributed by atoms with Gasteiger partial charge in [0.2, 0.25) is 0 Å². The number of hydrogen-bond acceptors (Lipinski definition) is 4. The van der Waals surface area contributed by atoms with E-state index in [1.54, 1.807) is 18.5 Å². The van der Waals surface area contributed by atoms with E-state index in [-0.39, 0.29) is 5.56 Å². The Bertz CT molecular complexity index is 745. The van der Waals surface area contributed by atoms with Gasteiger partial charge in [0.25, 0.3) is 0 Å². The fourth-order valence-electron chi connectivity index (χ4n) is 3.52. The second-order valence-corrected chi connectivity index (χ2v) is 7.12. The number of aromatic carboxylic acids is 1. The van der Waals surface area contributed by atoms with E-state index in [0.29, 0.717) is 12.0 Å². The molecule has 0 unspecified atom stereocenters. The summed E-state index contributed by atoms with van der Waals surface area (Å²) in [4.78, 5) is 22.1. The van der Waals surface area contributed by atoms with Crippen LogP contribution < -0.4 is 0 Å². The molecule has 1 saturated heterocycles. The lowest BCUT2D eigenvalue weighted by atomic mass is 9.90. The van der Waals surface area contributed by atoms with E-state index in [0.717, 1.165) is 24.2 Å². The number of carboxylic acid groups (broad SMARTS) is 1. The van der Waals surface area contributed by atoms with Gasteiger partial charge in [-0.3, -0.25) is 9.97 Å². The minimum absolute atomic E-state index is 0.185. The molecule has 3 heterocycles. The third-order valence-electron chi connectivity index (χ3n) is 4.91. The topological polar surface area (TPSA) is 66.3 Å². The van der Waals surface area contributed by atoms with E-state index in [1.165, 1.54) is 31.1 Å². The van der Waals surface area contributed by atoms with Gasteiger partial charge in [-0.2, -0.15) is 0 Å². The molecule has 1 N–H and O–H groups in total. The number of likely N-dealkylation sites (tertiary alicyclic amines) is 1. The Morgan fingerprint density at radius 1 is 1.36 bits per heavy atom. The normalized spacial score (nSPS) is 18.4. The molecule has 5 heteroatoms. The lowest BCUT2D eigenvalue weighted by molar-refractivity contribution is 0.0696. The van der Waals surface area contributed by atoms with E-state index in [1.807, 2.05) is 0 Å². The number of aromatic nitrogens is 2. The van der Waals surface area contributed by atoms with Gasteiger partial charge in [0.15, 0.2) is 0 Å². The van der Waals surface area contributed by atoms with Gasteiger partial charge in [0, 0.05) is 36.7 Å². The smallest absolute Gasteiger partial charge is 0.337 e. The largest absolute Gasteiger partial charge is 0.478 e. The lowest BCUT2D eigenvalue weighted by Crippen LogP contribution is -2.40. The number of nitrogens with zero attached hydrogens (tertiary/aromatic N) is 3. The summed E-state index contributed by atoms with van der Waals surface area (Å²) in [6.45, 7) is 6.86. The van der Waals surface area contributed by atoms with Crippen LogP contribution in [0.15, 0.2) is 36.8 Å². The van der Waals surface area contributed by atoms with Crippen LogP contribution in [0.5, 0.6) is 0 Å². The molecule has 1 aliphatic rings. The molecule has 0 aliphatic carbocycles. The Balaban J connectivity index is 1.75. The van der Waals surface area contributed by atoms with Gasteiger partial charge in [-0.05, 0) is 69.3 Å². The third kappa shape index (κ3) is 4.42. The number of rotatable bonds is 5. The van der Waals surface area contributed by atoms with Crippen molar-refractivity contribution in [2.75, 3.05) is 13.1 Å². The first-order valence-electron chi connectivity index (χ1n) is 8.90. The maximum absolute atomic E-state index is 11.1. The summed E-state index contributed by atoms with van der Waals surface area (Å²) >= 11 is 0. The van der Waals surface area contributed by atoms with Crippen LogP contribution in [0.3, 0.4) is 0 Å². The second kappa shape index (κ2) is 7.74. The molecule has 0 amide bonds. The molecular weight excluding hydrogens is 314 g/mol.